The molecule has 2 heterocycles. The Labute approximate surface area is 115 Å². The Balaban J connectivity index is 2.45. The Morgan fingerprint density at radius 1 is 1.26 bits per heavy atom. The molecule has 0 bridgehead atoms. The predicted octanol–water partition coefficient (Wildman–Crippen LogP) is 3.70. The zero-order valence-electron chi connectivity index (χ0n) is 10.1. The summed E-state index contributed by atoms with van der Waals surface area (Å²) in [5, 5.41) is 4.15. The molecule has 0 N–H and O–H groups in total. The van der Waals surface area contributed by atoms with Gasteiger partial charge in [-0.3, -0.25) is 4.98 Å². The molecular weight excluding hydrogens is 325 g/mol. The molecular formula is C11H10BrF3N4. The first-order valence-corrected chi connectivity index (χ1v) is 6.23. The second-order valence-electron chi connectivity index (χ2n) is 4.20. The zero-order valence-corrected chi connectivity index (χ0v) is 11.7. The number of rotatable bonds is 2. The highest BCUT2D eigenvalue weighted by molar-refractivity contribution is 9.10. The maximum absolute atomic E-state index is 12.6. The molecule has 8 heteroatoms. The minimum absolute atomic E-state index is 0.0504. The Morgan fingerprint density at radius 3 is 2.47 bits per heavy atom. The van der Waals surface area contributed by atoms with Crippen molar-refractivity contribution in [3.63, 3.8) is 0 Å². The van der Waals surface area contributed by atoms with E-state index >= 15 is 0 Å². The molecule has 2 aromatic heterocycles. The fourth-order valence-corrected chi connectivity index (χ4v) is 2.13. The molecule has 0 unspecified atom stereocenters. The lowest BCUT2D eigenvalue weighted by Gasteiger charge is -2.06. The summed E-state index contributed by atoms with van der Waals surface area (Å²) in [6.07, 6.45) is -2.35. The Bertz CT molecular complexity index is 592. The molecule has 2 aromatic rings. The number of halogens is 4. The SMILES string of the molecule is CC(C)n1nc(-c2cncc(C(F)(F)F)c2)nc1Br. The highest BCUT2D eigenvalue weighted by atomic mass is 79.9. The van der Waals surface area contributed by atoms with Crippen LogP contribution in [0.3, 0.4) is 0 Å². The van der Waals surface area contributed by atoms with Crippen molar-refractivity contribution >= 4 is 15.9 Å². The quantitative estimate of drug-likeness (QED) is 0.840. The van der Waals surface area contributed by atoms with Gasteiger partial charge in [-0.25, -0.2) is 9.67 Å². The van der Waals surface area contributed by atoms with Gasteiger partial charge in [-0.2, -0.15) is 13.2 Å². The van der Waals surface area contributed by atoms with Crippen molar-refractivity contribution in [1.82, 2.24) is 19.7 Å². The minimum atomic E-state index is -4.43. The third-order valence-electron chi connectivity index (χ3n) is 2.40. The monoisotopic (exact) mass is 334 g/mol. The molecule has 0 spiro atoms. The third-order valence-corrected chi connectivity index (χ3v) is 2.94. The van der Waals surface area contributed by atoms with E-state index in [1.807, 2.05) is 13.8 Å². The molecule has 0 amide bonds. The molecule has 0 fully saturated rings. The number of hydrogen-bond acceptors (Lipinski definition) is 3. The van der Waals surface area contributed by atoms with E-state index < -0.39 is 11.7 Å². The Morgan fingerprint density at radius 2 is 1.95 bits per heavy atom. The van der Waals surface area contributed by atoms with Crippen molar-refractivity contribution < 1.29 is 13.2 Å². The van der Waals surface area contributed by atoms with Gasteiger partial charge < -0.3 is 0 Å². The van der Waals surface area contributed by atoms with Crippen LogP contribution in [0.15, 0.2) is 23.2 Å². The normalized spacial score (nSPS) is 12.2. The standard InChI is InChI=1S/C11H10BrF3N4/c1-6(2)19-10(12)17-9(18-19)7-3-8(5-16-4-7)11(13,14)15/h3-6H,1-2H3. The van der Waals surface area contributed by atoms with E-state index in [4.69, 9.17) is 0 Å². The summed E-state index contributed by atoms with van der Waals surface area (Å²) >= 11 is 3.22. The van der Waals surface area contributed by atoms with Crippen molar-refractivity contribution in [2.24, 2.45) is 0 Å². The van der Waals surface area contributed by atoms with Gasteiger partial charge in [-0.05, 0) is 35.8 Å². The highest BCUT2D eigenvalue weighted by Crippen LogP contribution is 2.31. The van der Waals surface area contributed by atoms with Gasteiger partial charge in [0, 0.05) is 24.0 Å². The molecule has 0 aromatic carbocycles. The Kier molecular flexibility index (Phi) is 3.62. The van der Waals surface area contributed by atoms with Crippen LogP contribution in [-0.2, 0) is 6.18 Å². The molecule has 0 atom stereocenters. The topological polar surface area (TPSA) is 43.6 Å². The van der Waals surface area contributed by atoms with Crippen molar-refractivity contribution in [2.45, 2.75) is 26.1 Å². The first-order chi connectivity index (χ1) is 8.79. The lowest BCUT2D eigenvalue weighted by Crippen LogP contribution is -2.06. The van der Waals surface area contributed by atoms with Crippen molar-refractivity contribution in [2.75, 3.05) is 0 Å². The smallest absolute Gasteiger partial charge is 0.263 e. The van der Waals surface area contributed by atoms with Crippen LogP contribution in [-0.4, -0.2) is 19.7 Å². The fourth-order valence-electron chi connectivity index (χ4n) is 1.47. The lowest BCUT2D eigenvalue weighted by molar-refractivity contribution is -0.137. The molecule has 0 aliphatic carbocycles. The van der Waals surface area contributed by atoms with Crippen LogP contribution in [0, 0.1) is 0 Å². The summed E-state index contributed by atoms with van der Waals surface area (Å²) in [5.41, 5.74) is -0.586. The van der Waals surface area contributed by atoms with Crippen LogP contribution in [0.2, 0.25) is 0 Å². The van der Waals surface area contributed by atoms with Crippen LogP contribution in [0.25, 0.3) is 11.4 Å². The van der Waals surface area contributed by atoms with E-state index in [1.165, 1.54) is 6.20 Å². The molecule has 0 radical (unpaired) electrons. The van der Waals surface area contributed by atoms with Gasteiger partial charge in [0.2, 0.25) is 0 Å². The van der Waals surface area contributed by atoms with Gasteiger partial charge in [0.1, 0.15) is 0 Å². The minimum Gasteiger partial charge on any atom is -0.263 e. The number of nitrogens with zero attached hydrogens (tertiary/aromatic N) is 4. The third kappa shape index (κ3) is 2.94. The molecule has 19 heavy (non-hydrogen) atoms. The fraction of sp³-hybridized carbons (Fsp3) is 0.364. The number of alkyl halides is 3. The van der Waals surface area contributed by atoms with E-state index in [0.717, 1.165) is 12.3 Å². The van der Waals surface area contributed by atoms with Gasteiger partial charge >= 0.3 is 6.18 Å². The molecule has 102 valence electrons. The van der Waals surface area contributed by atoms with Gasteiger partial charge in [0.05, 0.1) is 5.56 Å². The summed E-state index contributed by atoms with van der Waals surface area (Å²) < 4.78 is 39.8. The number of hydrogen-bond donors (Lipinski definition) is 0. The van der Waals surface area contributed by atoms with E-state index in [2.05, 4.69) is 31.0 Å². The van der Waals surface area contributed by atoms with Crippen LogP contribution in [0.5, 0.6) is 0 Å². The molecule has 0 saturated carbocycles. The number of pyridine rings is 1. The van der Waals surface area contributed by atoms with E-state index in [1.54, 1.807) is 4.68 Å². The summed E-state index contributed by atoms with van der Waals surface area (Å²) in [7, 11) is 0. The Hall–Kier alpha value is -1.44. The summed E-state index contributed by atoms with van der Waals surface area (Å²) in [6, 6.07) is 1.04. The second-order valence-corrected chi connectivity index (χ2v) is 4.91. The van der Waals surface area contributed by atoms with E-state index in [9.17, 15) is 13.2 Å². The van der Waals surface area contributed by atoms with Crippen LogP contribution in [0.1, 0.15) is 25.5 Å². The first kappa shape index (κ1) is 14.0. The summed E-state index contributed by atoms with van der Waals surface area (Å²) in [5.74, 6) is 0.208. The van der Waals surface area contributed by atoms with Crippen molar-refractivity contribution in [3.8, 4) is 11.4 Å². The van der Waals surface area contributed by atoms with Gasteiger partial charge in [-0.1, -0.05) is 0 Å². The first-order valence-electron chi connectivity index (χ1n) is 5.43. The van der Waals surface area contributed by atoms with Crippen LogP contribution >= 0.6 is 15.9 Å². The van der Waals surface area contributed by atoms with Crippen molar-refractivity contribution in [3.05, 3.63) is 28.8 Å². The van der Waals surface area contributed by atoms with E-state index in [0.29, 0.717) is 4.73 Å². The largest absolute Gasteiger partial charge is 0.417 e. The van der Waals surface area contributed by atoms with Crippen LogP contribution < -0.4 is 0 Å². The molecule has 0 aliphatic rings. The average Bonchev–Trinajstić information content (AvgIpc) is 2.70. The zero-order chi connectivity index (χ0) is 14.2. The van der Waals surface area contributed by atoms with Gasteiger partial charge in [0.25, 0.3) is 0 Å². The van der Waals surface area contributed by atoms with E-state index in [-0.39, 0.29) is 17.4 Å². The lowest BCUT2D eigenvalue weighted by atomic mass is 10.2. The predicted molar refractivity (Wildman–Crippen MR) is 66.3 cm³/mol. The van der Waals surface area contributed by atoms with Crippen LogP contribution in [0.4, 0.5) is 13.2 Å². The number of aromatic nitrogens is 4. The molecule has 0 aliphatic heterocycles. The highest BCUT2D eigenvalue weighted by Gasteiger charge is 2.31. The van der Waals surface area contributed by atoms with Crippen molar-refractivity contribution in [1.29, 1.82) is 0 Å². The van der Waals surface area contributed by atoms with Gasteiger partial charge in [-0.15, -0.1) is 5.10 Å². The summed E-state index contributed by atoms with van der Waals surface area (Å²) in [6.45, 7) is 3.79. The molecule has 4 nitrogen and oxygen atoms in total. The molecule has 2 rings (SSSR count). The second kappa shape index (κ2) is 4.92. The maximum Gasteiger partial charge on any atom is 0.417 e. The average molecular weight is 335 g/mol. The molecule has 0 saturated heterocycles. The summed E-state index contributed by atoms with van der Waals surface area (Å²) in [4.78, 5) is 7.67. The maximum atomic E-state index is 12.6. The van der Waals surface area contributed by atoms with Gasteiger partial charge in [0.15, 0.2) is 10.6 Å².